The van der Waals surface area contributed by atoms with E-state index in [0.717, 1.165) is 11.4 Å². The van der Waals surface area contributed by atoms with Crippen molar-refractivity contribution in [1.29, 1.82) is 0 Å². The summed E-state index contributed by atoms with van der Waals surface area (Å²) in [6.07, 6.45) is 2.92. The zero-order valence-corrected chi connectivity index (χ0v) is 11.3. The van der Waals surface area contributed by atoms with Gasteiger partial charge < -0.3 is 5.73 Å². The molecular formula is C14H19FN4. The van der Waals surface area contributed by atoms with Gasteiger partial charge in [-0.05, 0) is 38.0 Å². The molecule has 5 heteroatoms. The predicted octanol–water partition coefficient (Wildman–Crippen LogP) is 2.11. The Bertz CT molecular complexity index is 518. The highest BCUT2D eigenvalue weighted by Gasteiger charge is 2.12. The van der Waals surface area contributed by atoms with E-state index in [1.54, 1.807) is 18.5 Å². The molecule has 0 fully saturated rings. The number of hydrogen-bond acceptors (Lipinski definition) is 3. The first-order chi connectivity index (χ1) is 9.06. The van der Waals surface area contributed by atoms with Crippen molar-refractivity contribution in [2.24, 2.45) is 5.73 Å². The van der Waals surface area contributed by atoms with Gasteiger partial charge in [0, 0.05) is 18.5 Å². The van der Waals surface area contributed by atoms with Crippen LogP contribution in [0.1, 0.15) is 31.3 Å². The maximum atomic E-state index is 12.8. The molecule has 2 rings (SSSR count). The molecule has 0 bridgehead atoms. The van der Waals surface area contributed by atoms with E-state index in [1.165, 1.54) is 12.1 Å². The molecule has 0 aliphatic carbocycles. The van der Waals surface area contributed by atoms with Gasteiger partial charge in [-0.25, -0.2) is 14.1 Å². The van der Waals surface area contributed by atoms with Crippen LogP contribution in [0.2, 0.25) is 0 Å². The molecule has 1 unspecified atom stereocenters. The number of benzene rings is 1. The van der Waals surface area contributed by atoms with E-state index in [1.807, 2.05) is 4.68 Å². The summed E-state index contributed by atoms with van der Waals surface area (Å²) in [5.41, 5.74) is 7.16. The van der Waals surface area contributed by atoms with Gasteiger partial charge in [-0.15, -0.1) is 0 Å². The lowest BCUT2D eigenvalue weighted by atomic mass is 10.0. The van der Waals surface area contributed by atoms with Crippen LogP contribution in [-0.2, 0) is 12.8 Å². The second kappa shape index (κ2) is 5.93. The summed E-state index contributed by atoms with van der Waals surface area (Å²) >= 11 is 0. The summed E-state index contributed by atoms with van der Waals surface area (Å²) in [4.78, 5) is 4.25. The summed E-state index contributed by atoms with van der Waals surface area (Å²) < 4.78 is 14.7. The third-order valence-electron chi connectivity index (χ3n) is 2.99. The van der Waals surface area contributed by atoms with Gasteiger partial charge >= 0.3 is 0 Å². The fourth-order valence-electron chi connectivity index (χ4n) is 2.08. The molecule has 1 heterocycles. The van der Waals surface area contributed by atoms with Crippen LogP contribution in [0.15, 0.2) is 30.6 Å². The Labute approximate surface area is 112 Å². The molecule has 0 saturated heterocycles. The second-order valence-electron chi connectivity index (χ2n) is 5.01. The molecule has 1 aromatic heterocycles. The highest BCUT2D eigenvalue weighted by Crippen LogP contribution is 2.10. The van der Waals surface area contributed by atoms with Gasteiger partial charge in [-0.3, -0.25) is 0 Å². The first-order valence-electron chi connectivity index (χ1n) is 6.44. The summed E-state index contributed by atoms with van der Waals surface area (Å²) in [5.74, 6) is 0.668. The summed E-state index contributed by atoms with van der Waals surface area (Å²) in [6.45, 7) is 4.12. The van der Waals surface area contributed by atoms with Crippen LogP contribution in [-0.4, -0.2) is 20.8 Å². The average molecular weight is 262 g/mol. The highest BCUT2D eigenvalue weighted by molar-refractivity contribution is 5.17. The quantitative estimate of drug-likeness (QED) is 0.898. The molecule has 1 atom stereocenters. The fraction of sp³-hybridized carbons (Fsp3) is 0.429. The standard InChI is InChI=1S/C14H19FN4/c1-10(2)19-14(17-9-18-19)8-13(16)7-11-3-5-12(15)6-4-11/h3-6,9-10,13H,7-8,16H2,1-2H3. The van der Waals surface area contributed by atoms with Crippen LogP contribution in [0.3, 0.4) is 0 Å². The van der Waals surface area contributed by atoms with Gasteiger partial charge in [-0.1, -0.05) is 12.1 Å². The number of rotatable bonds is 5. The van der Waals surface area contributed by atoms with E-state index in [-0.39, 0.29) is 17.9 Å². The highest BCUT2D eigenvalue weighted by atomic mass is 19.1. The van der Waals surface area contributed by atoms with Crippen molar-refractivity contribution >= 4 is 0 Å². The largest absolute Gasteiger partial charge is 0.327 e. The van der Waals surface area contributed by atoms with Crippen LogP contribution in [0.4, 0.5) is 4.39 Å². The minimum Gasteiger partial charge on any atom is -0.327 e. The molecule has 2 aromatic rings. The maximum absolute atomic E-state index is 12.8. The lowest BCUT2D eigenvalue weighted by Gasteiger charge is -2.14. The summed E-state index contributed by atoms with van der Waals surface area (Å²) in [7, 11) is 0. The molecule has 0 radical (unpaired) electrons. The molecule has 0 aliphatic heterocycles. The minimum atomic E-state index is -0.225. The zero-order valence-electron chi connectivity index (χ0n) is 11.3. The van der Waals surface area contributed by atoms with Crippen molar-refractivity contribution in [3.63, 3.8) is 0 Å². The Morgan fingerprint density at radius 2 is 1.89 bits per heavy atom. The average Bonchev–Trinajstić information content (AvgIpc) is 2.80. The number of aromatic nitrogens is 3. The van der Waals surface area contributed by atoms with Crippen molar-refractivity contribution in [3.8, 4) is 0 Å². The SMILES string of the molecule is CC(C)n1ncnc1CC(N)Cc1ccc(F)cc1. The van der Waals surface area contributed by atoms with E-state index in [0.29, 0.717) is 12.8 Å². The topological polar surface area (TPSA) is 56.7 Å². The zero-order chi connectivity index (χ0) is 13.8. The monoisotopic (exact) mass is 262 g/mol. The molecular weight excluding hydrogens is 243 g/mol. The van der Waals surface area contributed by atoms with Crippen LogP contribution >= 0.6 is 0 Å². The molecule has 0 saturated carbocycles. The Morgan fingerprint density at radius 3 is 2.53 bits per heavy atom. The van der Waals surface area contributed by atoms with Gasteiger partial charge in [0.25, 0.3) is 0 Å². The molecule has 0 aliphatic rings. The molecule has 1 aromatic carbocycles. The lowest BCUT2D eigenvalue weighted by molar-refractivity contribution is 0.489. The maximum Gasteiger partial charge on any atom is 0.138 e. The first-order valence-corrected chi connectivity index (χ1v) is 6.44. The van der Waals surface area contributed by atoms with E-state index in [2.05, 4.69) is 23.9 Å². The third-order valence-corrected chi connectivity index (χ3v) is 2.99. The Morgan fingerprint density at radius 1 is 1.21 bits per heavy atom. The number of halogens is 1. The van der Waals surface area contributed by atoms with E-state index < -0.39 is 0 Å². The van der Waals surface area contributed by atoms with E-state index >= 15 is 0 Å². The van der Waals surface area contributed by atoms with Gasteiger partial charge in [0.05, 0.1) is 0 Å². The third kappa shape index (κ3) is 3.61. The first kappa shape index (κ1) is 13.7. The normalized spacial score (nSPS) is 12.9. The van der Waals surface area contributed by atoms with Crippen LogP contribution in [0, 0.1) is 5.82 Å². The lowest BCUT2D eigenvalue weighted by Crippen LogP contribution is -2.27. The summed E-state index contributed by atoms with van der Waals surface area (Å²) in [6, 6.07) is 6.67. The van der Waals surface area contributed by atoms with Crippen molar-refractivity contribution < 1.29 is 4.39 Å². The second-order valence-corrected chi connectivity index (χ2v) is 5.01. The summed E-state index contributed by atoms with van der Waals surface area (Å²) in [5, 5.41) is 4.19. The van der Waals surface area contributed by atoms with Crippen LogP contribution in [0.5, 0.6) is 0 Å². The molecule has 4 nitrogen and oxygen atoms in total. The molecule has 19 heavy (non-hydrogen) atoms. The Hall–Kier alpha value is -1.75. The van der Waals surface area contributed by atoms with Gasteiger partial charge in [0.15, 0.2) is 0 Å². The smallest absolute Gasteiger partial charge is 0.138 e. The number of nitrogens with zero attached hydrogens (tertiary/aromatic N) is 3. The Balaban J connectivity index is 1.99. The van der Waals surface area contributed by atoms with Crippen LogP contribution < -0.4 is 5.73 Å². The van der Waals surface area contributed by atoms with Crippen molar-refractivity contribution in [2.75, 3.05) is 0 Å². The van der Waals surface area contributed by atoms with Gasteiger partial charge in [0.2, 0.25) is 0 Å². The van der Waals surface area contributed by atoms with Gasteiger partial charge in [-0.2, -0.15) is 5.10 Å². The van der Waals surface area contributed by atoms with Crippen molar-refractivity contribution in [3.05, 3.63) is 47.8 Å². The number of nitrogens with two attached hydrogens (primary N) is 1. The minimum absolute atomic E-state index is 0.0489. The van der Waals surface area contributed by atoms with Crippen LogP contribution in [0.25, 0.3) is 0 Å². The predicted molar refractivity (Wildman–Crippen MR) is 72.2 cm³/mol. The van der Waals surface area contributed by atoms with Gasteiger partial charge in [0.1, 0.15) is 18.0 Å². The van der Waals surface area contributed by atoms with E-state index in [9.17, 15) is 4.39 Å². The Kier molecular flexibility index (Phi) is 4.27. The molecule has 102 valence electrons. The molecule has 0 amide bonds. The molecule has 0 spiro atoms. The fourth-order valence-corrected chi connectivity index (χ4v) is 2.08. The van der Waals surface area contributed by atoms with Crippen molar-refractivity contribution in [1.82, 2.24) is 14.8 Å². The molecule has 2 N–H and O–H groups in total. The number of hydrogen-bond donors (Lipinski definition) is 1. The van der Waals surface area contributed by atoms with Crippen molar-refractivity contribution in [2.45, 2.75) is 38.8 Å². The van der Waals surface area contributed by atoms with E-state index in [4.69, 9.17) is 5.73 Å².